The predicted octanol–water partition coefficient (Wildman–Crippen LogP) is 2.31. The van der Waals surface area contributed by atoms with Gasteiger partial charge in [-0.3, -0.25) is 14.5 Å². The lowest BCUT2D eigenvalue weighted by molar-refractivity contribution is -0.132. The molecule has 4 rings (SSSR count). The zero-order chi connectivity index (χ0) is 21.5. The Labute approximate surface area is 182 Å². The van der Waals surface area contributed by atoms with Gasteiger partial charge in [-0.1, -0.05) is 54.6 Å². The van der Waals surface area contributed by atoms with E-state index in [9.17, 15) is 9.59 Å². The average Bonchev–Trinajstić information content (AvgIpc) is 2.81. The van der Waals surface area contributed by atoms with E-state index < -0.39 is 0 Å². The topological polar surface area (TPSA) is 74.2 Å². The molecule has 2 aromatic carbocycles. The van der Waals surface area contributed by atoms with E-state index in [4.69, 9.17) is 4.74 Å². The van der Waals surface area contributed by atoms with Crippen LogP contribution >= 0.6 is 0 Å². The zero-order valence-electron chi connectivity index (χ0n) is 17.6. The Kier molecular flexibility index (Phi) is 7.07. The molecule has 2 aliphatic rings. The van der Waals surface area contributed by atoms with Gasteiger partial charge >= 0.3 is 0 Å². The molecule has 2 amide bonds. The minimum Gasteiger partial charge on any atom is -0.379 e. The second-order valence-corrected chi connectivity index (χ2v) is 7.87. The molecule has 0 radical (unpaired) electrons. The first-order valence-electron chi connectivity index (χ1n) is 10.8. The molecule has 0 spiro atoms. The van der Waals surface area contributed by atoms with Crippen molar-refractivity contribution < 1.29 is 14.3 Å². The molecule has 0 saturated carbocycles. The Hall–Kier alpha value is -3.03. The van der Waals surface area contributed by atoms with Gasteiger partial charge in [0.05, 0.1) is 19.8 Å². The standard InChI is InChI=1S/C24H28N4O3/c29-23-11-10-22(26-28(23)18-20-4-2-1-3-5-20)24(30)25-16-19-6-8-21(9-7-19)17-27-12-14-31-15-13-27/h1-9H,10-18H2,(H,25,30). The highest BCUT2D eigenvalue weighted by atomic mass is 16.5. The Morgan fingerprint density at radius 2 is 1.58 bits per heavy atom. The molecule has 2 aromatic rings. The van der Waals surface area contributed by atoms with Crippen molar-refractivity contribution in [2.75, 3.05) is 26.3 Å². The SMILES string of the molecule is O=C(NCc1ccc(CN2CCOCC2)cc1)C1=NN(Cc2ccccc2)C(=O)CC1. The van der Waals surface area contributed by atoms with Crippen LogP contribution in [0.5, 0.6) is 0 Å². The van der Waals surface area contributed by atoms with Crippen LogP contribution in [0.1, 0.15) is 29.5 Å². The van der Waals surface area contributed by atoms with Gasteiger partial charge in [0.25, 0.3) is 5.91 Å². The molecule has 0 aromatic heterocycles. The summed E-state index contributed by atoms with van der Waals surface area (Å²) in [4.78, 5) is 27.2. The van der Waals surface area contributed by atoms with Crippen LogP contribution in [0.25, 0.3) is 0 Å². The highest BCUT2D eigenvalue weighted by molar-refractivity contribution is 6.39. The Morgan fingerprint density at radius 3 is 2.32 bits per heavy atom. The van der Waals surface area contributed by atoms with E-state index in [1.807, 2.05) is 42.5 Å². The molecule has 7 heteroatoms. The molecular weight excluding hydrogens is 392 g/mol. The van der Waals surface area contributed by atoms with Gasteiger partial charge in [-0.15, -0.1) is 0 Å². The number of hydrazone groups is 1. The van der Waals surface area contributed by atoms with Gasteiger partial charge in [-0.05, 0) is 16.7 Å². The van der Waals surface area contributed by atoms with Crippen molar-refractivity contribution in [1.82, 2.24) is 15.2 Å². The van der Waals surface area contributed by atoms with Crippen molar-refractivity contribution in [3.63, 3.8) is 0 Å². The highest BCUT2D eigenvalue weighted by Gasteiger charge is 2.24. The molecule has 1 N–H and O–H groups in total. The van der Waals surface area contributed by atoms with Gasteiger partial charge in [0, 0.05) is 39.0 Å². The van der Waals surface area contributed by atoms with Gasteiger partial charge in [0.2, 0.25) is 5.91 Å². The lowest BCUT2D eigenvalue weighted by atomic mass is 10.1. The number of nitrogens with one attached hydrogen (secondary N) is 1. The fourth-order valence-electron chi connectivity index (χ4n) is 3.71. The third kappa shape index (κ3) is 5.99. The van der Waals surface area contributed by atoms with E-state index in [2.05, 4.69) is 27.5 Å². The minimum atomic E-state index is -0.219. The van der Waals surface area contributed by atoms with Crippen LogP contribution in [0.4, 0.5) is 0 Å². The lowest BCUT2D eigenvalue weighted by Gasteiger charge is -2.26. The smallest absolute Gasteiger partial charge is 0.267 e. The Bertz CT molecular complexity index is 922. The van der Waals surface area contributed by atoms with Crippen LogP contribution in [0.3, 0.4) is 0 Å². The number of nitrogens with zero attached hydrogens (tertiary/aromatic N) is 3. The number of carbonyl (C=O) groups excluding carboxylic acids is 2. The van der Waals surface area contributed by atoms with Crippen LogP contribution in [-0.2, 0) is 34.0 Å². The molecule has 0 bridgehead atoms. The van der Waals surface area contributed by atoms with Crippen molar-refractivity contribution >= 4 is 17.5 Å². The summed E-state index contributed by atoms with van der Waals surface area (Å²) < 4.78 is 5.39. The van der Waals surface area contributed by atoms with E-state index in [-0.39, 0.29) is 11.8 Å². The molecule has 162 valence electrons. The van der Waals surface area contributed by atoms with Gasteiger partial charge in [0.15, 0.2) is 0 Å². The van der Waals surface area contributed by atoms with Gasteiger partial charge in [-0.25, -0.2) is 5.01 Å². The van der Waals surface area contributed by atoms with Gasteiger partial charge in [-0.2, -0.15) is 5.10 Å². The quantitative estimate of drug-likeness (QED) is 0.746. The lowest BCUT2D eigenvalue weighted by Crippen LogP contribution is -2.38. The molecule has 1 fully saturated rings. The number of ether oxygens (including phenoxy) is 1. The Balaban J connectivity index is 1.30. The van der Waals surface area contributed by atoms with E-state index >= 15 is 0 Å². The molecule has 0 unspecified atom stereocenters. The molecule has 0 aliphatic carbocycles. The average molecular weight is 421 g/mol. The summed E-state index contributed by atoms with van der Waals surface area (Å²) in [6, 6.07) is 18.0. The summed E-state index contributed by atoms with van der Waals surface area (Å²) in [5.41, 5.74) is 3.68. The molecule has 2 heterocycles. The van der Waals surface area contributed by atoms with E-state index in [0.29, 0.717) is 31.6 Å². The first-order valence-corrected chi connectivity index (χ1v) is 10.8. The number of carbonyl (C=O) groups is 2. The van der Waals surface area contributed by atoms with Crippen LogP contribution < -0.4 is 5.32 Å². The summed E-state index contributed by atoms with van der Waals surface area (Å²) >= 11 is 0. The zero-order valence-corrected chi connectivity index (χ0v) is 17.6. The van der Waals surface area contributed by atoms with Crippen LogP contribution in [-0.4, -0.2) is 53.7 Å². The third-order valence-electron chi connectivity index (χ3n) is 5.53. The number of hydrogen-bond acceptors (Lipinski definition) is 5. The number of rotatable bonds is 7. The van der Waals surface area contributed by atoms with E-state index in [0.717, 1.165) is 44.0 Å². The second kappa shape index (κ2) is 10.3. The third-order valence-corrected chi connectivity index (χ3v) is 5.53. The second-order valence-electron chi connectivity index (χ2n) is 7.87. The summed E-state index contributed by atoms with van der Waals surface area (Å²) in [5, 5.41) is 8.65. The maximum absolute atomic E-state index is 12.6. The number of morpholine rings is 1. The number of amides is 2. The van der Waals surface area contributed by atoms with Gasteiger partial charge < -0.3 is 10.1 Å². The van der Waals surface area contributed by atoms with E-state index in [1.54, 1.807) is 0 Å². The van der Waals surface area contributed by atoms with Crippen molar-refractivity contribution in [2.45, 2.75) is 32.5 Å². The normalized spacial score (nSPS) is 17.4. The fourth-order valence-corrected chi connectivity index (χ4v) is 3.71. The summed E-state index contributed by atoms with van der Waals surface area (Å²) in [6.45, 7) is 5.24. The maximum Gasteiger partial charge on any atom is 0.267 e. The first-order chi connectivity index (χ1) is 15.2. The number of hydrogen-bond donors (Lipinski definition) is 1. The minimum absolute atomic E-state index is 0.0590. The van der Waals surface area contributed by atoms with Crippen LogP contribution in [0, 0.1) is 0 Å². The molecule has 31 heavy (non-hydrogen) atoms. The molecular formula is C24H28N4O3. The largest absolute Gasteiger partial charge is 0.379 e. The molecule has 7 nitrogen and oxygen atoms in total. The Morgan fingerprint density at radius 1 is 0.903 bits per heavy atom. The summed E-state index contributed by atoms with van der Waals surface area (Å²) in [5.74, 6) is -0.279. The van der Waals surface area contributed by atoms with Crippen molar-refractivity contribution in [3.05, 3.63) is 71.3 Å². The van der Waals surface area contributed by atoms with Crippen LogP contribution in [0.2, 0.25) is 0 Å². The predicted molar refractivity (Wildman–Crippen MR) is 118 cm³/mol. The molecule has 2 aliphatic heterocycles. The van der Waals surface area contributed by atoms with E-state index in [1.165, 1.54) is 10.6 Å². The highest BCUT2D eigenvalue weighted by Crippen LogP contribution is 2.14. The monoisotopic (exact) mass is 420 g/mol. The summed E-state index contributed by atoms with van der Waals surface area (Å²) in [6.07, 6.45) is 0.670. The van der Waals surface area contributed by atoms with Crippen molar-refractivity contribution in [2.24, 2.45) is 5.10 Å². The van der Waals surface area contributed by atoms with Gasteiger partial charge in [0.1, 0.15) is 5.71 Å². The van der Waals surface area contributed by atoms with Crippen molar-refractivity contribution in [1.29, 1.82) is 0 Å². The fraction of sp³-hybridized carbons (Fsp3) is 0.375. The first kappa shape index (κ1) is 21.2. The maximum atomic E-state index is 12.6. The van der Waals surface area contributed by atoms with Crippen LogP contribution in [0.15, 0.2) is 59.7 Å². The number of benzene rings is 2. The van der Waals surface area contributed by atoms with Crippen molar-refractivity contribution in [3.8, 4) is 0 Å². The summed E-state index contributed by atoms with van der Waals surface area (Å²) in [7, 11) is 0. The molecule has 1 saturated heterocycles. The molecule has 0 atom stereocenters.